The Morgan fingerprint density at radius 1 is 1.05 bits per heavy atom. The van der Waals surface area contributed by atoms with Gasteiger partial charge in [-0.1, -0.05) is 28.9 Å². The Balaban J connectivity index is 1.56. The lowest BCUT2D eigenvalue weighted by Crippen LogP contribution is -2.04. The molecule has 3 aromatic rings. The van der Waals surface area contributed by atoms with Crippen molar-refractivity contribution in [1.82, 2.24) is 14.3 Å². The van der Waals surface area contributed by atoms with Crippen molar-refractivity contribution < 1.29 is 9.53 Å². The largest absolute Gasteiger partial charge is 0.458 e. The van der Waals surface area contributed by atoms with Gasteiger partial charge in [0.15, 0.2) is 0 Å². The van der Waals surface area contributed by atoms with Crippen LogP contribution in [0.1, 0.15) is 83.6 Å². The highest BCUT2D eigenvalue weighted by Crippen LogP contribution is 2.32. The molecule has 0 aliphatic carbocycles. The number of aromatic nitrogens is 3. The summed E-state index contributed by atoms with van der Waals surface area (Å²) in [5.41, 5.74) is 6.78. The van der Waals surface area contributed by atoms with E-state index in [2.05, 4.69) is 68.2 Å². The van der Waals surface area contributed by atoms with Crippen molar-refractivity contribution in [2.75, 3.05) is 6.61 Å². The zero-order chi connectivity index (χ0) is 26.9. The molecular formula is C31H38N4O2. The summed E-state index contributed by atoms with van der Waals surface area (Å²) in [6.07, 6.45) is 15.7. The lowest BCUT2D eigenvalue weighted by Gasteiger charge is -2.10. The minimum absolute atomic E-state index is 0.238. The number of carbonyl (C=O) groups excluding carboxylic acids is 1. The Morgan fingerprint density at radius 2 is 1.76 bits per heavy atom. The van der Waals surface area contributed by atoms with Gasteiger partial charge in [0.25, 0.3) is 0 Å². The van der Waals surface area contributed by atoms with Gasteiger partial charge in [-0.05, 0) is 91.5 Å². The number of allylic oxidation sites excluding steroid dienone is 5. The minimum atomic E-state index is -0.404. The maximum absolute atomic E-state index is 12.6. The Bertz CT molecular complexity index is 1370. The van der Waals surface area contributed by atoms with Crippen LogP contribution in [-0.2, 0) is 4.74 Å². The number of hydrogen-bond acceptors (Lipinski definition) is 3. The second-order valence-corrected chi connectivity index (χ2v) is 10.1. The second-order valence-electron chi connectivity index (χ2n) is 10.1. The molecule has 6 nitrogen and oxygen atoms in total. The molecule has 0 bridgehead atoms. The van der Waals surface area contributed by atoms with Crippen LogP contribution in [0.5, 0.6) is 0 Å². The first-order chi connectivity index (χ1) is 17.7. The number of esters is 1. The quantitative estimate of drug-likeness (QED) is 0.151. The Kier molecular flexibility index (Phi) is 9.68. The van der Waals surface area contributed by atoms with Crippen molar-refractivity contribution in [3.05, 3.63) is 88.7 Å². The van der Waals surface area contributed by atoms with Gasteiger partial charge in [0.1, 0.15) is 6.61 Å². The maximum atomic E-state index is 12.6. The van der Waals surface area contributed by atoms with Crippen molar-refractivity contribution in [2.45, 2.75) is 73.3 Å². The Morgan fingerprint density at radius 3 is 2.43 bits per heavy atom. The molecule has 0 unspecified atom stereocenters. The third-order valence-electron chi connectivity index (χ3n) is 6.32. The molecule has 1 aromatic carbocycles. The standard InChI is InChI=1S/C31H38N4O2/c1-22(2)10-8-11-24(5)12-9-13-25(6)16-17-37-31(36)26-19-33-35(20-26)27-14-15-30-28(18-27)29(32-7)21-34(30)23(3)4/h10,12,14-16,18-21,23H,8-9,11,13,17H2,1-6H3/b24-12+,25-16+. The molecule has 0 aliphatic heterocycles. The van der Waals surface area contributed by atoms with Crippen LogP contribution in [-0.4, -0.2) is 26.9 Å². The zero-order valence-corrected chi connectivity index (χ0v) is 22.9. The van der Waals surface area contributed by atoms with Gasteiger partial charge in [0, 0.05) is 29.3 Å². The van der Waals surface area contributed by atoms with E-state index in [1.807, 2.05) is 30.5 Å². The van der Waals surface area contributed by atoms with E-state index >= 15 is 0 Å². The Hall–Kier alpha value is -3.85. The van der Waals surface area contributed by atoms with E-state index in [9.17, 15) is 4.79 Å². The molecule has 0 atom stereocenters. The van der Waals surface area contributed by atoms with E-state index in [1.165, 1.54) is 22.9 Å². The Labute approximate surface area is 220 Å². The third-order valence-corrected chi connectivity index (χ3v) is 6.32. The number of carbonyl (C=O) groups is 1. The highest BCUT2D eigenvalue weighted by molar-refractivity contribution is 5.95. The SMILES string of the molecule is [C-]#[N+]c1cn(C(C)C)c2ccc(-n3cc(C(=O)OC/C=C(\C)CC/C=C(\C)CCC=C(C)C)cn3)cc12. The van der Waals surface area contributed by atoms with Crippen molar-refractivity contribution in [1.29, 1.82) is 0 Å². The van der Waals surface area contributed by atoms with Crippen LogP contribution in [0.4, 0.5) is 5.69 Å². The fourth-order valence-corrected chi connectivity index (χ4v) is 4.14. The van der Waals surface area contributed by atoms with Crippen LogP contribution in [0.15, 0.2) is 71.7 Å². The first-order valence-corrected chi connectivity index (χ1v) is 12.9. The van der Waals surface area contributed by atoms with Gasteiger partial charge in [0.05, 0.1) is 24.0 Å². The zero-order valence-electron chi connectivity index (χ0n) is 22.9. The fraction of sp³-hybridized carbons (Fsp3) is 0.387. The summed E-state index contributed by atoms with van der Waals surface area (Å²) in [5, 5.41) is 5.22. The average molecular weight is 499 g/mol. The highest BCUT2D eigenvalue weighted by atomic mass is 16.5. The van der Waals surface area contributed by atoms with Crippen LogP contribution in [0, 0.1) is 6.57 Å². The minimum Gasteiger partial charge on any atom is -0.458 e. The molecule has 0 aliphatic rings. The van der Waals surface area contributed by atoms with Crippen LogP contribution in [0.2, 0.25) is 0 Å². The number of hydrogen-bond donors (Lipinski definition) is 0. The van der Waals surface area contributed by atoms with Gasteiger partial charge < -0.3 is 9.30 Å². The summed E-state index contributed by atoms with van der Waals surface area (Å²) in [4.78, 5) is 16.2. The monoisotopic (exact) mass is 498 g/mol. The smallest absolute Gasteiger partial charge is 0.341 e. The summed E-state index contributed by atoms with van der Waals surface area (Å²) in [6, 6.07) is 6.13. The van der Waals surface area contributed by atoms with E-state index < -0.39 is 5.97 Å². The number of rotatable bonds is 11. The van der Waals surface area contributed by atoms with Crippen molar-refractivity contribution in [3.8, 4) is 5.69 Å². The molecular weight excluding hydrogens is 460 g/mol. The van der Waals surface area contributed by atoms with Gasteiger partial charge in [-0.15, -0.1) is 0 Å². The van der Waals surface area contributed by atoms with E-state index in [4.69, 9.17) is 11.3 Å². The summed E-state index contributed by atoms with van der Waals surface area (Å²) >= 11 is 0. The summed E-state index contributed by atoms with van der Waals surface area (Å²) in [5.74, 6) is -0.404. The molecule has 37 heavy (non-hydrogen) atoms. The molecule has 2 aromatic heterocycles. The highest BCUT2D eigenvalue weighted by Gasteiger charge is 2.14. The summed E-state index contributed by atoms with van der Waals surface area (Å²) in [7, 11) is 0. The van der Waals surface area contributed by atoms with Crippen LogP contribution in [0.25, 0.3) is 21.4 Å². The molecule has 3 rings (SSSR count). The average Bonchev–Trinajstić information content (AvgIpc) is 3.48. The van der Waals surface area contributed by atoms with Gasteiger partial charge in [-0.25, -0.2) is 14.3 Å². The third kappa shape index (κ3) is 7.57. The van der Waals surface area contributed by atoms with E-state index in [0.717, 1.165) is 42.3 Å². The number of fused-ring (bicyclic) bond motifs is 1. The van der Waals surface area contributed by atoms with E-state index in [-0.39, 0.29) is 12.6 Å². The van der Waals surface area contributed by atoms with Gasteiger partial charge in [-0.3, -0.25) is 0 Å². The van der Waals surface area contributed by atoms with Gasteiger partial charge in [-0.2, -0.15) is 5.10 Å². The number of benzene rings is 1. The molecule has 194 valence electrons. The molecule has 0 saturated heterocycles. The normalized spacial score (nSPS) is 12.2. The molecule has 2 heterocycles. The number of nitrogens with zero attached hydrogens (tertiary/aromatic N) is 4. The molecule has 0 fully saturated rings. The van der Waals surface area contributed by atoms with Crippen LogP contribution in [0.3, 0.4) is 0 Å². The predicted octanol–water partition coefficient (Wildman–Crippen LogP) is 8.53. The van der Waals surface area contributed by atoms with Gasteiger partial charge >= 0.3 is 5.97 Å². The van der Waals surface area contributed by atoms with Crippen LogP contribution < -0.4 is 0 Å². The van der Waals surface area contributed by atoms with Crippen molar-refractivity contribution >= 4 is 22.6 Å². The van der Waals surface area contributed by atoms with Crippen LogP contribution >= 0.6 is 0 Å². The predicted molar refractivity (Wildman–Crippen MR) is 151 cm³/mol. The van der Waals surface area contributed by atoms with E-state index in [1.54, 1.807) is 10.9 Å². The molecule has 6 heteroatoms. The van der Waals surface area contributed by atoms with Crippen molar-refractivity contribution in [3.63, 3.8) is 0 Å². The molecule has 0 spiro atoms. The lowest BCUT2D eigenvalue weighted by atomic mass is 10.1. The number of ether oxygens (including phenoxy) is 1. The molecule has 0 amide bonds. The van der Waals surface area contributed by atoms with Gasteiger partial charge in [0.2, 0.25) is 5.69 Å². The lowest BCUT2D eigenvalue weighted by molar-refractivity contribution is 0.0549. The topological polar surface area (TPSA) is 53.4 Å². The molecule has 0 saturated carbocycles. The van der Waals surface area contributed by atoms with E-state index in [0.29, 0.717) is 11.3 Å². The first kappa shape index (κ1) is 27.7. The first-order valence-electron chi connectivity index (χ1n) is 12.9. The van der Waals surface area contributed by atoms with Crippen molar-refractivity contribution in [2.24, 2.45) is 0 Å². The fourth-order valence-electron chi connectivity index (χ4n) is 4.14. The summed E-state index contributed by atoms with van der Waals surface area (Å²) < 4.78 is 9.19. The molecule has 0 N–H and O–H groups in total. The second kappa shape index (κ2) is 12.9. The molecule has 0 radical (unpaired) electrons. The summed E-state index contributed by atoms with van der Waals surface area (Å²) in [6.45, 7) is 20.5. The maximum Gasteiger partial charge on any atom is 0.341 e.